The van der Waals surface area contributed by atoms with E-state index in [1.165, 1.54) is 37.8 Å². The minimum absolute atomic E-state index is 0.693. The molecule has 1 saturated carbocycles. The first-order valence-electron chi connectivity index (χ1n) is 7.53. The average molecular weight is 325 g/mol. The van der Waals surface area contributed by atoms with Gasteiger partial charge in [0.1, 0.15) is 0 Å². The number of pyridine rings is 1. The van der Waals surface area contributed by atoms with Gasteiger partial charge < -0.3 is 5.73 Å². The van der Waals surface area contributed by atoms with Crippen molar-refractivity contribution in [2.45, 2.75) is 45.4 Å². The SMILES string of the molecule is CCCC1CCC(CN)C(Cc2ccc(Br)cn2)C1. The van der Waals surface area contributed by atoms with Crippen molar-refractivity contribution in [1.82, 2.24) is 4.98 Å². The van der Waals surface area contributed by atoms with Gasteiger partial charge in [-0.1, -0.05) is 26.2 Å². The lowest BCUT2D eigenvalue weighted by molar-refractivity contribution is 0.175. The number of nitrogens with zero attached hydrogens (tertiary/aromatic N) is 1. The Morgan fingerprint density at radius 1 is 1.32 bits per heavy atom. The maximum absolute atomic E-state index is 5.96. The molecule has 3 heteroatoms. The molecule has 1 aliphatic carbocycles. The van der Waals surface area contributed by atoms with E-state index in [1.54, 1.807) is 0 Å². The zero-order chi connectivity index (χ0) is 13.7. The molecule has 0 aliphatic heterocycles. The van der Waals surface area contributed by atoms with Gasteiger partial charge in [0.2, 0.25) is 0 Å². The average Bonchev–Trinajstić information content (AvgIpc) is 2.42. The summed E-state index contributed by atoms with van der Waals surface area (Å²) in [7, 11) is 0. The van der Waals surface area contributed by atoms with Crippen LogP contribution >= 0.6 is 15.9 Å². The molecule has 106 valence electrons. The molecule has 0 aromatic carbocycles. The van der Waals surface area contributed by atoms with Gasteiger partial charge in [0.15, 0.2) is 0 Å². The first-order chi connectivity index (χ1) is 9.22. The standard InChI is InChI=1S/C16H25BrN2/c1-2-3-12-4-5-13(10-18)14(8-12)9-16-7-6-15(17)11-19-16/h6-7,11-14H,2-5,8-10,18H2,1H3. The van der Waals surface area contributed by atoms with Gasteiger partial charge in [-0.2, -0.15) is 0 Å². The Hall–Kier alpha value is -0.410. The molecule has 2 rings (SSSR count). The van der Waals surface area contributed by atoms with E-state index in [9.17, 15) is 0 Å². The third kappa shape index (κ3) is 4.28. The molecule has 0 spiro atoms. The molecular formula is C16H25BrN2. The molecule has 1 fully saturated rings. The van der Waals surface area contributed by atoms with Crippen LogP contribution in [0.5, 0.6) is 0 Å². The minimum Gasteiger partial charge on any atom is -0.330 e. The van der Waals surface area contributed by atoms with Crippen molar-refractivity contribution < 1.29 is 0 Å². The van der Waals surface area contributed by atoms with Crippen LogP contribution in [0.2, 0.25) is 0 Å². The molecular weight excluding hydrogens is 300 g/mol. The number of nitrogens with two attached hydrogens (primary N) is 1. The van der Waals surface area contributed by atoms with E-state index in [4.69, 9.17) is 5.73 Å². The lowest BCUT2D eigenvalue weighted by atomic mass is 9.71. The van der Waals surface area contributed by atoms with Crippen molar-refractivity contribution in [3.8, 4) is 0 Å². The van der Waals surface area contributed by atoms with Crippen LogP contribution in [0.3, 0.4) is 0 Å². The van der Waals surface area contributed by atoms with Crippen molar-refractivity contribution in [3.63, 3.8) is 0 Å². The highest BCUT2D eigenvalue weighted by Crippen LogP contribution is 2.37. The summed E-state index contributed by atoms with van der Waals surface area (Å²) in [4.78, 5) is 4.52. The number of aromatic nitrogens is 1. The molecule has 0 saturated heterocycles. The van der Waals surface area contributed by atoms with Gasteiger partial charge in [0.25, 0.3) is 0 Å². The van der Waals surface area contributed by atoms with E-state index in [0.29, 0.717) is 5.92 Å². The summed E-state index contributed by atoms with van der Waals surface area (Å²) >= 11 is 3.44. The summed E-state index contributed by atoms with van der Waals surface area (Å²) in [6, 6.07) is 4.23. The van der Waals surface area contributed by atoms with E-state index >= 15 is 0 Å². The highest BCUT2D eigenvalue weighted by atomic mass is 79.9. The molecule has 2 nitrogen and oxygen atoms in total. The molecule has 0 bridgehead atoms. The van der Waals surface area contributed by atoms with Crippen LogP contribution in [0.15, 0.2) is 22.8 Å². The fraction of sp³-hybridized carbons (Fsp3) is 0.688. The van der Waals surface area contributed by atoms with Crippen LogP contribution < -0.4 is 5.73 Å². The fourth-order valence-electron chi connectivity index (χ4n) is 3.45. The van der Waals surface area contributed by atoms with Crippen molar-refractivity contribution >= 4 is 15.9 Å². The van der Waals surface area contributed by atoms with Gasteiger partial charge in [-0.15, -0.1) is 0 Å². The Labute approximate surface area is 125 Å². The smallest absolute Gasteiger partial charge is 0.0413 e. The molecule has 19 heavy (non-hydrogen) atoms. The number of hydrogen-bond acceptors (Lipinski definition) is 2. The molecule has 3 unspecified atom stereocenters. The predicted octanol–water partition coefficient (Wildman–Crippen LogP) is 4.18. The Kier molecular flexibility index (Phi) is 5.83. The summed E-state index contributed by atoms with van der Waals surface area (Å²) in [6.45, 7) is 3.13. The van der Waals surface area contributed by atoms with E-state index in [-0.39, 0.29) is 0 Å². The zero-order valence-electron chi connectivity index (χ0n) is 11.8. The van der Waals surface area contributed by atoms with Crippen LogP contribution in [-0.2, 0) is 6.42 Å². The lowest BCUT2D eigenvalue weighted by Gasteiger charge is -2.35. The quantitative estimate of drug-likeness (QED) is 0.882. The summed E-state index contributed by atoms with van der Waals surface area (Å²) < 4.78 is 1.05. The van der Waals surface area contributed by atoms with E-state index in [1.807, 2.05) is 6.20 Å². The van der Waals surface area contributed by atoms with Crippen LogP contribution in [0.25, 0.3) is 0 Å². The summed E-state index contributed by atoms with van der Waals surface area (Å²) in [6.07, 6.45) is 9.70. The molecule has 1 aromatic rings. The van der Waals surface area contributed by atoms with Gasteiger partial charge in [0, 0.05) is 16.4 Å². The summed E-state index contributed by atoms with van der Waals surface area (Å²) in [5.41, 5.74) is 7.17. The van der Waals surface area contributed by atoms with Gasteiger partial charge >= 0.3 is 0 Å². The highest BCUT2D eigenvalue weighted by Gasteiger charge is 2.29. The summed E-state index contributed by atoms with van der Waals surface area (Å²) in [5, 5.41) is 0. The van der Waals surface area contributed by atoms with E-state index in [2.05, 4.69) is 40.0 Å². The third-order valence-corrected chi connectivity index (χ3v) is 4.98. The number of hydrogen-bond donors (Lipinski definition) is 1. The Balaban J connectivity index is 1.99. The second kappa shape index (κ2) is 7.39. The van der Waals surface area contributed by atoms with Crippen molar-refractivity contribution in [2.75, 3.05) is 6.54 Å². The second-order valence-corrected chi connectivity index (χ2v) is 6.81. The Bertz CT molecular complexity index is 377. The van der Waals surface area contributed by atoms with Gasteiger partial charge in [0.05, 0.1) is 0 Å². The molecule has 3 atom stereocenters. The van der Waals surface area contributed by atoms with Crippen molar-refractivity contribution in [2.24, 2.45) is 23.5 Å². The normalized spacial score (nSPS) is 27.4. The largest absolute Gasteiger partial charge is 0.330 e. The molecule has 0 radical (unpaired) electrons. The highest BCUT2D eigenvalue weighted by molar-refractivity contribution is 9.10. The maximum atomic E-state index is 5.96. The summed E-state index contributed by atoms with van der Waals surface area (Å²) in [5.74, 6) is 2.33. The molecule has 1 heterocycles. The van der Waals surface area contributed by atoms with Crippen LogP contribution in [0, 0.1) is 17.8 Å². The number of rotatable bonds is 5. The Morgan fingerprint density at radius 2 is 2.16 bits per heavy atom. The monoisotopic (exact) mass is 324 g/mol. The van der Waals surface area contributed by atoms with Gasteiger partial charge in [-0.05, 0) is 71.6 Å². The molecule has 1 aromatic heterocycles. The first-order valence-corrected chi connectivity index (χ1v) is 8.32. The molecule has 0 amide bonds. The zero-order valence-corrected chi connectivity index (χ0v) is 13.4. The minimum atomic E-state index is 0.693. The van der Waals surface area contributed by atoms with Gasteiger partial charge in [-0.3, -0.25) is 4.98 Å². The van der Waals surface area contributed by atoms with E-state index in [0.717, 1.165) is 29.3 Å². The predicted molar refractivity (Wildman–Crippen MR) is 83.9 cm³/mol. The van der Waals surface area contributed by atoms with E-state index < -0.39 is 0 Å². The van der Waals surface area contributed by atoms with Crippen LogP contribution in [0.4, 0.5) is 0 Å². The number of halogens is 1. The lowest BCUT2D eigenvalue weighted by Crippen LogP contribution is -2.31. The second-order valence-electron chi connectivity index (χ2n) is 5.90. The third-order valence-electron chi connectivity index (χ3n) is 4.51. The van der Waals surface area contributed by atoms with Crippen molar-refractivity contribution in [1.29, 1.82) is 0 Å². The fourth-order valence-corrected chi connectivity index (χ4v) is 3.69. The first kappa shape index (κ1) is 15.0. The molecule has 2 N–H and O–H groups in total. The van der Waals surface area contributed by atoms with Crippen molar-refractivity contribution in [3.05, 3.63) is 28.5 Å². The molecule has 1 aliphatic rings. The van der Waals surface area contributed by atoms with Crippen LogP contribution in [-0.4, -0.2) is 11.5 Å². The maximum Gasteiger partial charge on any atom is 0.0413 e. The van der Waals surface area contributed by atoms with Crippen LogP contribution in [0.1, 0.15) is 44.7 Å². The van der Waals surface area contributed by atoms with Gasteiger partial charge in [-0.25, -0.2) is 0 Å². The Morgan fingerprint density at radius 3 is 2.79 bits per heavy atom. The topological polar surface area (TPSA) is 38.9 Å².